The van der Waals surface area contributed by atoms with Gasteiger partial charge in [0.2, 0.25) is 5.56 Å². The van der Waals surface area contributed by atoms with Gasteiger partial charge in [0, 0.05) is 66.8 Å². The summed E-state index contributed by atoms with van der Waals surface area (Å²) >= 11 is 0. The molecule has 4 heterocycles. The minimum absolute atomic E-state index is 0.123. The molecule has 7 heteroatoms. The van der Waals surface area contributed by atoms with E-state index in [2.05, 4.69) is 70.2 Å². The summed E-state index contributed by atoms with van der Waals surface area (Å²) in [6.07, 6.45) is 5.35. The molecule has 1 saturated heterocycles. The van der Waals surface area contributed by atoms with Crippen LogP contribution in [0.5, 0.6) is 0 Å². The van der Waals surface area contributed by atoms with Gasteiger partial charge in [-0.2, -0.15) is 0 Å². The summed E-state index contributed by atoms with van der Waals surface area (Å²) in [7, 11) is 2.20. The number of piperazine rings is 1. The van der Waals surface area contributed by atoms with Crippen LogP contribution >= 0.6 is 0 Å². The summed E-state index contributed by atoms with van der Waals surface area (Å²) in [5.74, 6) is 0. The number of fused-ring (bicyclic) bond motifs is 1. The van der Waals surface area contributed by atoms with Gasteiger partial charge in [-0.1, -0.05) is 0 Å². The summed E-state index contributed by atoms with van der Waals surface area (Å²) in [6, 6.07) is 17.1. The molecule has 5 rings (SSSR count). The molecule has 0 saturated carbocycles. The first-order chi connectivity index (χ1) is 15.5. The Balaban J connectivity index is 1.40. The maximum absolute atomic E-state index is 11.7. The first kappa shape index (κ1) is 20.3. The summed E-state index contributed by atoms with van der Waals surface area (Å²) in [5.41, 5.74) is 5.63. The number of aromatic amines is 1. The zero-order valence-corrected chi connectivity index (χ0v) is 18.6. The van der Waals surface area contributed by atoms with E-state index in [4.69, 9.17) is 0 Å². The van der Waals surface area contributed by atoms with Crippen molar-refractivity contribution >= 4 is 22.7 Å². The van der Waals surface area contributed by atoms with Crippen molar-refractivity contribution in [3.8, 4) is 11.3 Å². The average Bonchev–Trinajstić information content (AvgIpc) is 3.28. The van der Waals surface area contributed by atoms with E-state index in [0.717, 1.165) is 41.4 Å². The third kappa shape index (κ3) is 3.76. The Labute approximate surface area is 187 Å². The van der Waals surface area contributed by atoms with Gasteiger partial charge in [-0.05, 0) is 63.4 Å². The highest BCUT2D eigenvalue weighted by Gasteiger charge is 2.26. The molecule has 2 N–H and O–H groups in total. The van der Waals surface area contributed by atoms with Gasteiger partial charge in [-0.3, -0.25) is 14.1 Å². The maximum Gasteiger partial charge on any atom is 0.248 e. The van der Waals surface area contributed by atoms with Crippen molar-refractivity contribution < 1.29 is 0 Å². The Hall–Kier alpha value is -3.58. The van der Waals surface area contributed by atoms with Gasteiger partial charge in [0.05, 0.1) is 11.4 Å². The van der Waals surface area contributed by atoms with Crippen LogP contribution in [0.1, 0.15) is 13.8 Å². The van der Waals surface area contributed by atoms with Crippen LogP contribution in [0.25, 0.3) is 16.9 Å². The van der Waals surface area contributed by atoms with Gasteiger partial charge in [0.1, 0.15) is 0 Å². The largest absolute Gasteiger partial charge is 0.366 e. The lowest BCUT2D eigenvalue weighted by Gasteiger charge is -2.43. The van der Waals surface area contributed by atoms with Crippen molar-refractivity contribution in [3.63, 3.8) is 0 Å². The van der Waals surface area contributed by atoms with Crippen LogP contribution in [0.3, 0.4) is 0 Å². The third-order valence-electron chi connectivity index (χ3n) is 6.40. The standard InChI is InChI=1S/C25H28N6O/c1-17-16-31(18(2)15-29(17)3)21-6-4-20(5-7-21)28-22-8-9-23(30-13-12-27-25(22)30)19-10-11-26-24(32)14-19/h4-14,17-18,28H,15-16H2,1-3H3,(H,26,32). The predicted octanol–water partition coefficient (Wildman–Crippen LogP) is 3.96. The van der Waals surface area contributed by atoms with E-state index >= 15 is 0 Å². The SMILES string of the molecule is CC1CN(c2ccc(Nc3ccc(-c4cc[nH]c(=O)c4)n4ccnc34)cc2)C(C)CN1C. The molecule has 164 valence electrons. The molecule has 2 unspecified atom stereocenters. The van der Waals surface area contributed by atoms with Gasteiger partial charge in [-0.25, -0.2) is 4.98 Å². The van der Waals surface area contributed by atoms with E-state index in [-0.39, 0.29) is 5.56 Å². The molecule has 1 aromatic carbocycles. The summed E-state index contributed by atoms with van der Waals surface area (Å²) in [5, 5.41) is 3.50. The number of H-pyrrole nitrogens is 1. The maximum atomic E-state index is 11.7. The number of rotatable bonds is 4. The molecule has 2 atom stereocenters. The molecule has 0 aliphatic carbocycles. The zero-order chi connectivity index (χ0) is 22.2. The molecule has 0 radical (unpaired) electrons. The van der Waals surface area contributed by atoms with Crippen LogP contribution in [0.15, 0.2) is 71.9 Å². The van der Waals surface area contributed by atoms with Gasteiger partial charge in [0.25, 0.3) is 0 Å². The molecule has 32 heavy (non-hydrogen) atoms. The zero-order valence-electron chi connectivity index (χ0n) is 18.6. The predicted molar refractivity (Wildman–Crippen MR) is 130 cm³/mol. The lowest BCUT2D eigenvalue weighted by Crippen LogP contribution is -2.55. The van der Waals surface area contributed by atoms with Crippen LogP contribution in [-0.2, 0) is 0 Å². The monoisotopic (exact) mass is 428 g/mol. The first-order valence-electron chi connectivity index (χ1n) is 11.0. The third-order valence-corrected chi connectivity index (χ3v) is 6.40. The van der Waals surface area contributed by atoms with E-state index in [9.17, 15) is 4.79 Å². The number of benzene rings is 1. The molecule has 4 aromatic rings. The fourth-order valence-electron chi connectivity index (χ4n) is 4.50. The van der Waals surface area contributed by atoms with E-state index in [0.29, 0.717) is 12.1 Å². The van der Waals surface area contributed by atoms with Crippen molar-refractivity contribution in [1.29, 1.82) is 0 Å². The number of hydrogen-bond acceptors (Lipinski definition) is 5. The van der Waals surface area contributed by atoms with Crippen molar-refractivity contribution in [3.05, 3.63) is 77.5 Å². The topological polar surface area (TPSA) is 68.7 Å². The number of nitrogens with one attached hydrogen (secondary N) is 2. The molecular weight excluding hydrogens is 400 g/mol. The summed E-state index contributed by atoms with van der Waals surface area (Å²) in [4.78, 5) is 23.9. The number of nitrogens with zero attached hydrogens (tertiary/aromatic N) is 4. The van der Waals surface area contributed by atoms with E-state index < -0.39 is 0 Å². The highest BCUT2D eigenvalue weighted by atomic mass is 16.1. The molecule has 0 bridgehead atoms. The fourth-order valence-corrected chi connectivity index (χ4v) is 4.50. The van der Waals surface area contributed by atoms with Crippen LogP contribution in [0.2, 0.25) is 0 Å². The van der Waals surface area contributed by atoms with Crippen molar-refractivity contribution in [2.75, 3.05) is 30.4 Å². The van der Waals surface area contributed by atoms with Gasteiger partial charge in [-0.15, -0.1) is 0 Å². The fraction of sp³-hybridized carbons (Fsp3) is 0.280. The molecule has 1 aliphatic heterocycles. The van der Waals surface area contributed by atoms with Gasteiger partial charge >= 0.3 is 0 Å². The van der Waals surface area contributed by atoms with Crippen LogP contribution in [-0.4, -0.2) is 51.5 Å². The van der Waals surface area contributed by atoms with Crippen molar-refractivity contribution in [2.24, 2.45) is 0 Å². The Morgan fingerprint density at radius 1 is 1.03 bits per heavy atom. The average molecular weight is 429 g/mol. The Kier molecular flexibility index (Phi) is 5.19. The summed E-state index contributed by atoms with van der Waals surface area (Å²) in [6.45, 7) is 6.66. The molecule has 3 aromatic heterocycles. The summed E-state index contributed by atoms with van der Waals surface area (Å²) < 4.78 is 2.00. The van der Waals surface area contributed by atoms with Crippen LogP contribution in [0, 0.1) is 0 Å². The minimum atomic E-state index is -0.123. The van der Waals surface area contributed by atoms with E-state index in [1.807, 2.05) is 28.8 Å². The number of anilines is 3. The van der Waals surface area contributed by atoms with Crippen molar-refractivity contribution in [1.82, 2.24) is 19.3 Å². The second kappa shape index (κ2) is 8.16. The molecule has 0 spiro atoms. The highest BCUT2D eigenvalue weighted by Crippen LogP contribution is 2.29. The second-order valence-electron chi connectivity index (χ2n) is 8.66. The lowest BCUT2D eigenvalue weighted by molar-refractivity contribution is 0.206. The van der Waals surface area contributed by atoms with E-state index in [1.54, 1.807) is 18.5 Å². The van der Waals surface area contributed by atoms with Gasteiger partial charge < -0.3 is 15.2 Å². The molecule has 0 amide bonds. The Morgan fingerprint density at radius 3 is 2.62 bits per heavy atom. The number of likely N-dealkylation sites (N-methyl/N-ethyl adjacent to an activating group) is 1. The van der Waals surface area contributed by atoms with Gasteiger partial charge in [0.15, 0.2) is 5.65 Å². The van der Waals surface area contributed by atoms with Crippen molar-refractivity contribution in [2.45, 2.75) is 25.9 Å². The number of imidazole rings is 1. The quantitative estimate of drug-likeness (QED) is 0.515. The van der Waals surface area contributed by atoms with Crippen LogP contribution < -0.4 is 15.8 Å². The van der Waals surface area contributed by atoms with E-state index in [1.165, 1.54) is 5.69 Å². The highest BCUT2D eigenvalue weighted by molar-refractivity contribution is 5.78. The Bertz CT molecular complexity index is 1290. The second-order valence-corrected chi connectivity index (χ2v) is 8.66. The number of pyridine rings is 2. The molecule has 1 fully saturated rings. The first-order valence-corrected chi connectivity index (χ1v) is 11.0. The molecular formula is C25H28N6O. The van der Waals surface area contributed by atoms with Crippen LogP contribution in [0.4, 0.5) is 17.1 Å². The molecule has 1 aliphatic rings. The lowest BCUT2D eigenvalue weighted by atomic mass is 10.1. The molecule has 7 nitrogen and oxygen atoms in total. The normalized spacial score (nSPS) is 19.4. The minimum Gasteiger partial charge on any atom is -0.366 e. The number of hydrogen-bond donors (Lipinski definition) is 2. The Morgan fingerprint density at radius 2 is 1.84 bits per heavy atom. The smallest absolute Gasteiger partial charge is 0.248 e. The number of aromatic nitrogens is 3.